The summed E-state index contributed by atoms with van der Waals surface area (Å²) in [6.45, 7) is 10.5. The van der Waals surface area contributed by atoms with Crippen LogP contribution in [0.5, 0.6) is 23.0 Å². The Hall–Kier alpha value is -3.47. The highest BCUT2D eigenvalue weighted by Gasteiger charge is 2.23. The van der Waals surface area contributed by atoms with Crippen LogP contribution in [0.2, 0.25) is 0 Å². The molecule has 4 rings (SSSR count). The van der Waals surface area contributed by atoms with Crippen LogP contribution in [0, 0.1) is 0 Å². The average molecular weight is 600 g/mol. The number of rotatable bonds is 16. The fourth-order valence-electron chi connectivity index (χ4n) is 6.03. The van der Waals surface area contributed by atoms with Crippen molar-refractivity contribution < 1.29 is 18.9 Å². The first-order chi connectivity index (χ1) is 21.3. The monoisotopic (exact) mass is 599 g/mol. The number of fused-ring (bicyclic) bond motifs is 1. The summed E-state index contributed by atoms with van der Waals surface area (Å²) >= 11 is 0. The van der Waals surface area contributed by atoms with E-state index in [1.807, 2.05) is 0 Å². The molecule has 5 nitrogen and oxygen atoms in total. The molecule has 3 aromatic carbocycles. The molecule has 5 heteroatoms. The van der Waals surface area contributed by atoms with Crippen LogP contribution >= 0.6 is 0 Å². The summed E-state index contributed by atoms with van der Waals surface area (Å²) in [6.07, 6.45) is 10.7. The molecule has 0 saturated heterocycles. The second-order valence-corrected chi connectivity index (χ2v) is 12.9. The lowest BCUT2D eigenvalue weighted by atomic mass is 9.86. The third-order valence-corrected chi connectivity index (χ3v) is 8.71. The van der Waals surface area contributed by atoms with E-state index in [9.17, 15) is 0 Å². The van der Waals surface area contributed by atoms with Crippen LogP contribution in [0.25, 0.3) is 0 Å². The van der Waals surface area contributed by atoms with Gasteiger partial charge in [-0.05, 0) is 66.0 Å². The second kappa shape index (κ2) is 16.0. The molecule has 0 saturated carbocycles. The highest BCUT2D eigenvalue weighted by atomic mass is 16.5. The van der Waals surface area contributed by atoms with Crippen molar-refractivity contribution in [3.05, 3.63) is 81.9 Å². The molecule has 0 atom stereocenters. The second-order valence-electron chi connectivity index (χ2n) is 12.9. The van der Waals surface area contributed by atoms with Crippen molar-refractivity contribution in [2.24, 2.45) is 4.99 Å². The normalized spacial score (nSPS) is 12.8. The molecule has 0 aliphatic carbocycles. The van der Waals surface area contributed by atoms with Gasteiger partial charge in [-0.1, -0.05) is 90.1 Å². The third kappa shape index (κ3) is 8.58. The zero-order valence-corrected chi connectivity index (χ0v) is 28.2. The molecule has 0 unspecified atom stereocenters. The van der Waals surface area contributed by atoms with Crippen LogP contribution < -0.4 is 18.9 Å². The molecule has 0 radical (unpaired) electrons. The van der Waals surface area contributed by atoms with Crippen LogP contribution in [0.4, 0.5) is 0 Å². The maximum absolute atomic E-state index is 6.70. The highest BCUT2D eigenvalue weighted by molar-refractivity contribution is 6.04. The highest BCUT2D eigenvalue weighted by Crippen LogP contribution is 2.37. The molecule has 0 amide bonds. The lowest BCUT2D eigenvalue weighted by Gasteiger charge is -2.23. The number of ether oxygens (including phenoxy) is 4. The number of hydrogen-bond donors (Lipinski definition) is 0. The van der Waals surface area contributed by atoms with Crippen molar-refractivity contribution in [1.82, 2.24) is 0 Å². The first-order valence-corrected chi connectivity index (χ1v) is 16.5. The van der Waals surface area contributed by atoms with Gasteiger partial charge < -0.3 is 18.9 Å². The van der Waals surface area contributed by atoms with Crippen molar-refractivity contribution in [3.63, 3.8) is 0 Å². The van der Waals surface area contributed by atoms with Crippen molar-refractivity contribution in [3.8, 4) is 23.0 Å². The van der Waals surface area contributed by atoms with E-state index in [4.69, 9.17) is 23.9 Å². The quantitative estimate of drug-likeness (QED) is 0.154. The number of methoxy groups -OCH3 is 3. The molecule has 238 valence electrons. The van der Waals surface area contributed by atoms with E-state index in [-0.39, 0.29) is 5.41 Å². The number of benzene rings is 3. The van der Waals surface area contributed by atoms with Gasteiger partial charge in [0, 0.05) is 35.4 Å². The summed E-state index contributed by atoms with van der Waals surface area (Å²) in [4.78, 5) is 5.00. The molecule has 1 aliphatic rings. The summed E-state index contributed by atoms with van der Waals surface area (Å²) < 4.78 is 23.9. The van der Waals surface area contributed by atoms with Gasteiger partial charge in [0.15, 0.2) is 11.5 Å². The Morgan fingerprint density at radius 3 is 2.11 bits per heavy atom. The topological polar surface area (TPSA) is 49.3 Å². The lowest BCUT2D eigenvalue weighted by molar-refractivity contribution is 0.296. The van der Waals surface area contributed by atoms with Crippen molar-refractivity contribution in [2.45, 2.75) is 97.3 Å². The van der Waals surface area contributed by atoms with Crippen LogP contribution in [0.1, 0.15) is 99.6 Å². The van der Waals surface area contributed by atoms with Crippen molar-refractivity contribution >= 4 is 5.71 Å². The average Bonchev–Trinajstić information content (AvgIpc) is 3.03. The Labute approximate surface area is 266 Å². The summed E-state index contributed by atoms with van der Waals surface area (Å²) in [6, 6.07) is 17.5. The molecule has 1 heterocycles. The summed E-state index contributed by atoms with van der Waals surface area (Å²) in [5.41, 5.74) is 8.54. The summed E-state index contributed by atoms with van der Waals surface area (Å²) in [7, 11) is 5.13. The zero-order chi connectivity index (χ0) is 31.5. The fraction of sp³-hybridized carbons (Fsp3) is 0.513. The van der Waals surface area contributed by atoms with Crippen LogP contribution in [-0.2, 0) is 31.1 Å². The molecule has 0 bridgehead atoms. The van der Waals surface area contributed by atoms with Crippen LogP contribution in [0.15, 0.2) is 53.5 Å². The van der Waals surface area contributed by atoms with Gasteiger partial charge in [0.1, 0.15) is 11.5 Å². The standard InChI is InChI=1S/C39H53NO4/c1-8-9-10-11-12-13-24-44-38-30(25-34-33-27-37(43-7)36(42-6)26-29(33)22-23-40-34)17-21-35(41-5)32(38)20-16-28-14-18-31(19-15-28)39(2,3)4/h14-15,17-19,21,26-27H,8-13,16,20,22-25H2,1-7H3. The minimum atomic E-state index is 0.142. The number of hydrogen-bond acceptors (Lipinski definition) is 5. The van der Waals surface area contributed by atoms with Gasteiger partial charge in [-0.15, -0.1) is 0 Å². The zero-order valence-electron chi connectivity index (χ0n) is 28.2. The summed E-state index contributed by atoms with van der Waals surface area (Å²) in [5.74, 6) is 3.33. The van der Waals surface area contributed by atoms with Gasteiger partial charge in [0.25, 0.3) is 0 Å². The maximum Gasteiger partial charge on any atom is 0.161 e. The van der Waals surface area contributed by atoms with Gasteiger partial charge in [-0.3, -0.25) is 4.99 Å². The van der Waals surface area contributed by atoms with Crippen molar-refractivity contribution in [2.75, 3.05) is 34.5 Å². The molecular weight excluding hydrogens is 546 g/mol. The molecule has 1 aliphatic heterocycles. The summed E-state index contributed by atoms with van der Waals surface area (Å²) in [5, 5.41) is 0. The van der Waals surface area contributed by atoms with Gasteiger partial charge >= 0.3 is 0 Å². The molecular formula is C39H53NO4. The van der Waals surface area contributed by atoms with Crippen LogP contribution in [0.3, 0.4) is 0 Å². The Balaban J connectivity index is 1.62. The molecule has 44 heavy (non-hydrogen) atoms. The van der Waals surface area contributed by atoms with Gasteiger partial charge in [-0.25, -0.2) is 0 Å². The molecule has 0 N–H and O–H groups in total. The molecule has 0 fully saturated rings. The van der Waals surface area contributed by atoms with Crippen LogP contribution in [-0.4, -0.2) is 40.2 Å². The predicted octanol–water partition coefficient (Wildman–Crippen LogP) is 9.12. The first-order valence-electron chi connectivity index (χ1n) is 16.5. The smallest absolute Gasteiger partial charge is 0.161 e. The minimum absolute atomic E-state index is 0.142. The number of nitrogens with zero attached hydrogens (tertiary/aromatic N) is 1. The van der Waals surface area contributed by atoms with E-state index in [1.54, 1.807) is 21.3 Å². The van der Waals surface area contributed by atoms with Crippen molar-refractivity contribution in [1.29, 1.82) is 0 Å². The first kappa shape index (κ1) is 33.4. The van der Waals surface area contributed by atoms with E-state index in [0.717, 1.165) is 77.6 Å². The fourth-order valence-corrected chi connectivity index (χ4v) is 6.03. The number of unbranched alkanes of at least 4 members (excludes halogenated alkanes) is 5. The SMILES string of the molecule is CCCCCCCCOc1c(CC2=NCCc3cc(OC)c(OC)cc32)ccc(OC)c1CCc1ccc(C(C)(C)C)cc1. The number of aryl methyl sites for hydroxylation is 1. The minimum Gasteiger partial charge on any atom is -0.496 e. The molecule has 3 aromatic rings. The van der Waals surface area contributed by atoms with E-state index in [0.29, 0.717) is 13.0 Å². The Morgan fingerprint density at radius 2 is 1.43 bits per heavy atom. The van der Waals surface area contributed by atoms with E-state index >= 15 is 0 Å². The Kier molecular flexibility index (Phi) is 12.2. The largest absolute Gasteiger partial charge is 0.496 e. The van der Waals surface area contributed by atoms with E-state index in [2.05, 4.69) is 76.2 Å². The maximum atomic E-state index is 6.70. The van der Waals surface area contributed by atoms with E-state index in [1.165, 1.54) is 48.8 Å². The third-order valence-electron chi connectivity index (χ3n) is 8.71. The van der Waals surface area contributed by atoms with Gasteiger partial charge in [0.05, 0.1) is 27.9 Å². The predicted molar refractivity (Wildman–Crippen MR) is 183 cm³/mol. The molecule has 0 aromatic heterocycles. The molecule has 0 spiro atoms. The Bertz CT molecular complexity index is 1380. The Morgan fingerprint density at radius 1 is 0.750 bits per heavy atom. The van der Waals surface area contributed by atoms with Gasteiger partial charge in [-0.2, -0.15) is 0 Å². The van der Waals surface area contributed by atoms with Gasteiger partial charge in [0.2, 0.25) is 0 Å². The lowest BCUT2D eigenvalue weighted by Crippen LogP contribution is -2.17. The van der Waals surface area contributed by atoms with E-state index < -0.39 is 0 Å². The number of aliphatic imine (C=N–C) groups is 1.